The molecule has 23 heavy (non-hydrogen) atoms. The number of halogens is 1. The SMILES string of the molecule is COc1ccc(C(O)CNCc2ccc(Cl)c([N+](=O)[O-])c2)cc1. The summed E-state index contributed by atoms with van der Waals surface area (Å²) < 4.78 is 5.06. The third-order valence-corrected chi connectivity index (χ3v) is 3.69. The van der Waals surface area contributed by atoms with Gasteiger partial charge in [-0.25, -0.2) is 0 Å². The van der Waals surface area contributed by atoms with Gasteiger partial charge in [-0.15, -0.1) is 0 Å². The molecule has 0 saturated carbocycles. The van der Waals surface area contributed by atoms with Crippen molar-refractivity contribution in [1.82, 2.24) is 5.32 Å². The summed E-state index contributed by atoms with van der Waals surface area (Å²) in [6.07, 6.45) is -0.678. The van der Waals surface area contributed by atoms with E-state index in [0.717, 1.165) is 16.9 Å². The zero-order chi connectivity index (χ0) is 16.8. The molecular formula is C16H17ClN2O4. The standard InChI is InChI=1S/C16H17ClN2O4/c1-23-13-5-3-12(4-6-13)16(20)10-18-9-11-2-7-14(17)15(8-11)19(21)22/h2-8,16,18,20H,9-10H2,1H3. The Morgan fingerprint density at radius 2 is 2.00 bits per heavy atom. The van der Waals surface area contributed by atoms with Gasteiger partial charge in [0.1, 0.15) is 10.8 Å². The number of ether oxygens (including phenoxy) is 1. The highest BCUT2D eigenvalue weighted by atomic mass is 35.5. The molecular weight excluding hydrogens is 320 g/mol. The van der Waals surface area contributed by atoms with E-state index in [0.29, 0.717) is 13.1 Å². The van der Waals surface area contributed by atoms with Gasteiger partial charge in [-0.2, -0.15) is 0 Å². The number of aliphatic hydroxyl groups excluding tert-OH is 1. The molecule has 0 heterocycles. The Morgan fingerprint density at radius 1 is 1.30 bits per heavy atom. The van der Waals surface area contributed by atoms with Crippen LogP contribution in [0.2, 0.25) is 5.02 Å². The van der Waals surface area contributed by atoms with Gasteiger partial charge in [0.15, 0.2) is 0 Å². The van der Waals surface area contributed by atoms with Crippen molar-refractivity contribution in [3.63, 3.8) is 0 Å². The van der Waals surface area contributed by atoms with Crippen LogP contribution in [0.1, 0.15) is 17.2 Å². The van der Waals surface area contributed by atoms with Gasteiger partial charge in [0.2, 0.25) is 0 Å². The zero-order valence-electron chi connectivity index (χ0n) is 12.5. The van der Waals surface area contributed by atoms with E-state index in [4.69, 9.17) is 16.3 Å². The molecule has 0 amide bonds. The van der Waals surface area contributed by atoms with Crippen LogP contribution in [0.25, 0.3) is 0 Å². The van der Waals surface area contributed by atoms with Crippen LogP contribution < -0.4 is 10.1 Å². The number of rotatable bonds is 7. The van der Waals surface area contributed by atoms with Crippen LogP contribution in [0.3, 0.4) is 0 Å². The second kappa shape index (κ2) is 7.92. The lowest BCUT2D eigenvalue weighted by atomic mass is 10.1. The fourth-order valence-corrected chi connectivity index (χ4v) is 2.29. The molecule has 0 aliphatic heterocycles. The second-order valence-corrected chi connectivity index (χ2v) is 5.37. The molecule has 0 saturated heterocycles. The predicted molar refractivity (Wildman–Crippen MR) is 87.8 cm³/mol. The quantitative estimate of drug-likeness (QED) is 0.599. The van der Waals surface area contributed by atoms with Crippen molar-refractivity contribution in [1.29, 1.82) is 0 Å². The summed E-state index contributed by atoms with van der Waals surface area (Å²) in [5, 5.41) is 24.1. The van der Waals surface area contributed by atoms with Crippen LogP contribution in [0.4, 0.5) is 5.69 Å². The highest BCUT2D eigenvalue weighted by molar-refractivity contribution is 6.32. The van der Waals surface area contributed by atoms with E-state index in [1.54, 1.807) is 37.4 Å². The molecule has 2 N–H and O–H groups in total. The lowest BCUT2D eigenvalue weighted by molar-refractivity contribution is -0.384. The second-order valence-electron chi connectivity index (χ2n) is 4.96. The summed E-state index contributed by atoms with van der Waals surface area (Å²) >= 11 is 5.77. The first-order valence-electron chi connectivity index (χ1n) is 6.97. The molecule has 0 spiro atoms. The highest BCUT2D eigenvalue weighted by Gasteiger charge is 2.13. The molecule has 2 aromatic rings. The van der Waals surface area contributed by atoms with Crippen LogP contribution in [-0.4, -0.2) is 23.7 Å². The molecule has 0 bridgehead atoms. The van der Waals surface area contributed by atoms with E-state index in [-0.39, 0.29) is 10.7 Å². The first kappa shape index (κ1) is 17.2. The van der Waals surface area contributed by atoms with Crippen molar-refractivity contribution in [2.24, 2.45) is 0 Å². The number of nitro groups is 1. The van der Waals surface area contributed by atoms with Crippen LogP contribution in [-0.2, 0) is 6.54 Å². The Morgan fingerprint density at radius 3 is 2.61 bits per heavy atom. The average Bonchev–Trinajstić information content (AvgIpc) is 2.56. The normalized spacial score (nSPS) is 12.0. The van der Waals surface area contributed by atoms with Gasteiger partial charge >= 0.3 is 0 Å². The molecule has 122 valence electrons. The van der Waals surface area contributed by atoms with E-state index in [1.807, 2.05) is 0 Å². The Labute approximate surface area is 138 Å². The minimum absolute atomic E-state index is 0.108. The fourth-order valence-electron chi connectivity index (χ4n) is 2.11. The Hall–Kier alpha value is -2.15. The summed E-state index contributed by atoms with van der Waals surface area (Å²) in [4.78, 5) is 10.3. The van der Waals surface area contributed by atoms with Crippen molar-refractivity contribution in [3.05, 3.63) is 68.7 Å². The molecule has 0 fully saturated rings. The average molecular weight is 337 g/mol. The van der Waals surface area contributed by atoms with Gasteiger partial charge in [0, 0.05) is 19.2 Å². The van der Waals surface area contributed by atoms with Gasteiger partial charge in [0.05, 0.1) is 18.1 Å². The maximum atomic E-state index is 10.8. The minimum atomic E-state index is -0.678. The van der Waals surface area contributed by atoms with Crippen molar-refractivity contribution in [2.45, 2.75) is 12.6 Å². The largest absolute Gasteiger partial charge is 0.497 e. The van der Waals surface area contributed by atoms with E-state index in [9.17, 15) is 15.2 Å². The molecule has 0 aromatic heterocycles. The monoisotopic (exact) mass is 336 g/mol. The summed E-state index contributed by atoms with van der Waals surface area (Å²) in [5.74, 6) is 0.724. The topological polar surface area (TPSA) is 84.6 Å². The van der Waals surface area contributed by atoms with Gasteiger partial charge in [-0.05, 0) is 29.3 Å². The van der Waals surface area contributed by atoms with E-state index in [1.165, 1.54) is 12.1 Å². The van der Waals surface area contributed by atoms with Crippen molar-refractivity contribution in [3.8, 4) is 5.75 Å². The summed E-state index contributed by atoms with van der Waals surface area (Å²) in [6, 6.07) is 11.8. The van der Waals surface area contributed by atoms with E-state index >= 15 is 0 Å². The number of hydrogen-bond acceptors (Lipinski definition) is 5. The van der Waals surface area contributed by atoms with Crippen molar-refractivity contribution >= 4 is 17.3 Å². The lowest BCUT2D eigenvalue weighted by Crippen LogP contribution is -2.21. The third kappa shape index (κ3) is 4.66. The molecule has 2 rings (SSSR count). The first-order chi connectivity index (χ1) is 11.0. The summed E-state index contributed by atoms with van der Waals surface area (Å²) in [6.45, 7) is 0.716. The maximum absolute atomic E-state index is 10.8. The predicted octanol–water partition coefficient (Wildman–Crippen LogP) is 3.08. The fraction of sp³-hybridized carbons (Fsp3) is 0.250. The Balaban J connectivity index is 1.91. The van der Waals surface area contributed by atoms with E-state index < -0.39 is 11.0 Å². The molecule has 0 radical (unpaired) electrons. The molecule has 1 unspecified atom stereocenters. The number of benzene rings is 2. The molecule has 7 heteroatoms. The number of nitrogens with one attached hydrogen (secondary N) is 1. The van der Waals surface area contributed by atoms with Crippen LogP contribution in [0, 0.1) is 10.1 Å². The molecule has 0 aliphatic rings. The van der Waals surface area contributed by atoms with Crippen LogP contribution in [0.15, 0.2) is 42.5 Å². The van der Waals surface area contributed by atoms with Crippen LogP contribution >= 0.6 is 11.6 Å². The zero-order valence-corrected chi connectivity index (χ0v) is 13.3. The van der Waals surface area contributed by atoms with Gasteiger partial charge in [0.25, 0.3) is 5.69 Å². The minimum Gasteiger partial charge on any atom is -0.497 e. The lowest BCUT2D eigenvalue weighted by Gasteiger charge is -2.13. The molecule has 0 aliphatic carbocycles. The van der Waals surface area contributed by atoms with Crippen LogP contribution in [0.5, 0.6) is 5.75 Å². The Bertz CT molecular complexity index is 676. The van der Waals surface area contributed by atoms with Gasteiger partial charge in [-0.1, -0.05) is 29.8 Å². The smallest absolute Gasteiger partial charge is 0.288 e. The number of methoxy groups -OCH3 is 1. The number of nitrogens with zero attached hydrogens (tertiary/aromatic N) is 1. The molecule has 6 nitrogen and oxygen atoms in total. The summed E-state index contributed by atoms with van der Waals surface area (Å²) in [5.41, 5.74) is 1.37. The highest BCUT2D eigenvalue weighted by Crippen LogP contribution is 2.25. The van der Waals surface area contributed by atoms with Crippen molar-refractivity contribution < 1.29 is 14.8 Å². The molecule has 2 aromatic carbocycles. The van der Waals surface area contributed by atoms with Gasteiger partial charge in [-0.3, -0.25) is 10.1 Å². The number of aliphatic hydroxyl groups is 1. The van der Waals surface area contributed by atoms with Gasteiger partial charge < -0.3 is 15.2 Å². The molecule has 1 atom stereocenters. The van der Waals surface area contributed by atoms with E-state index in [2.05, 4.69) is 5.32 Å². The third-order valence-electron chi connectivity index (χ3n) is 3.37. The number of hydrogen-bond donors (Lipinski definition) is 2. The first-order valence-corrected chi connectivity index (χ1v) is 7.34. The summed E-state index contributed by atoms with van der Waals surface area (Å²) in [7, 11) is 1.58. The number of nitro benzene ring substituents is 1. The Kier molecular flexibility index (Phi) is 5.92. The maximum Gasteiger partial charge on any atom is 0.288 e. The van der Waals surface area contributed by atoms with Crippen molar-refractivity contribution in [2.75, 3.05) is 13.7 Å².